The van der Waals surface area contributed by atoms with E-state index in [1.54, 1.807) is 4.90 Å². The minimum atomic E-state index is -0.747. The van der Waals surface area contributed by atoms with E-state index < -0.39 is 11.0 Å². The zero-order chi connectivity index (χ0) is 33.7. The second-order valence-corrected chi connectivity index (χ2v) is 13.1. The van der Waals surface area contributed by atoms with Crippen molar-refractivity contribution in [2.75, 3.05) is 32.7 Å². The van der Waals surface area contributed by atoms with Crippen LogP contribution >= 0.6 is 0 Å². The van der Waals surface area contributed by atoms with Crippen LogP contribution in [0.1, 0.15) is 69.6 Å². The fourth-order valence-electron chi connectivity index (χ4n) is 6.07. The molecule has 1 aliphatic rings. The third-order valence-corrected chi connectivity index (χ3v) is 8.33. The maximum absolute atomic E-state index is 13.5. The number of hydrogen-bond acceptors (Lipinski definition) is 5. The second-order valence-electron chi connectivity index (χ2n) is 13.1. The van der Waals surface area contributed by atoms with Crippen molar-refractivity contribution in [3.05, 3.63) is 108 Å². The van der Waals surface area contributed by atoms with Crippen molar-refractivity contribution in [2.24, 2.45) is 5.92 Å². The number of likely N-dealkylation sites (tertiary alicyclic amines) is 1. The van der Waals surface area contributed by atoms with Gasteiger partial charge in [-0.1, -0.05) is 91.0 Å². The molecule has 250 valence electrons. The van der Waals surface area contributed by atoms with Gasteiger partial charge in [0.2, 0.25) is 17.7 Å². The quantitative estimate of drug-likeness (QED) is 0.176. The Balaban J connectivity index is 1.22. The summed E-state index contributed by atoms with van der Waals surface area (Å²) in [5.74, 6) is -0.481. The number of ether oxygens (including phenoxy) is 1. The van der Waals surface area contributed by atoms with Gasteiger partial charge in [0.1, 0.15) is 5.60 Å². The lowest BCUT2D eigenvalue weighted by Crippen LogP contribution is -2.45. The third kappa shape index (κ3) is 10.4. The number of nitrogens with one attached hydrogen (secondary N) is 3. The lowest BCUT2D eigenvalue weighted by atomic mass is 9.67. The summed E-state index contributed by atoms with van der Waals surface area (Å²) < 4.78 is 5.48. The van der Waals surface area contributed by atoms with Gasteiger partial charge in [0.25, 0.3) is 0 Å². The number of rotatable bonds is 13. The van der Waals surface area contributed by atoms with Crippen molar-refractivity contribution in [3.8, 4) is 0 Å². The van der Waals surface area contributed by atoms with Gasteiger partial charge in [0, 0.05) is 39.0 Å². The lowest BCUT2D eigenvalue weighted by molar-refractivity contribution is -0.126. The number of nitrogens with zero attached hydrogens (tertiary/aromatic N) is 1. The molecule has 0 aromatic heterocycles. The van der Waals surface area contributed by atoms with E-state index in [0.717, 1.165) is 29.5 Å². The first-order valence-corrected chi connectivity index (χ1v) is 16.5. The zero-order valence-electron chi connectivity index (χ0n) is 27.8. The first-order chi connectivity index (χ1) is 22.6. The molecule has 1 heterocycles. The smallest absolute Gasteiger partial charge is 0.410 e. The van der Waals surface area contributed by atoms with E-state index >= 15 is 0 Å². The summed E-state index contributed by atoms with van der Waals surface area (Å²) in [6.07, 6.45) is 2.35. The van der Waals surface area contributed by atoms with E-state index in [1.165, 1.54) is 0 Å². The van der Waals surface area contributed by atoms with Crippen molar-refractivity contribution >= 4 is 23.8 Å². The van der Waals surface area contributed by atoms with Gasteiger partial charge >= 0.3 is 6.09 Å². The number of piperidine rings is 1. The Bertz CT molecular complexity index is 1360. The summed E-state index contributed by atoms with van der Waals surface area (Å²) >= 11 is 0. The van der Waals surface area contributed by atoms with E-state index in [4.69, 9.17) is 4.74 Å². The number of carbonyl (C=O) groups excluding carboxylic acids is 4. The van der Waals surface area contributed by atoms with Gasteiger partial charge < -0.3 is 25.6 Å². The van der Waals surface area contributed by atoms with Gasteiger partial charge in [-0.2, -0.15) is 0 Å². The second kappa shape index (κ2) is 16.8. The molecular formula is C38H48N4O5. The summed E-state index contributed by atoms with van der Waals surface area (Å²) in [5, 5.41) is 8.57. The van der Waals surface area contributed by atoms with Crippen molar-refractivity contribution in [2.45, 2.75) is 63.9 Å². The highest BCUT2D eigenvalue weighted by Crippen LogP contribution is 2.42. The Kier molecular flexibility index (Phi) is 12.6. The standard InChI is InChI=1S/C38H48N4O5/c1-37(2,3)47-36(46)42-24-14-15-29(28-42)26-40-33(43)22-13-23-39-35(45)27-41-34(44)25-38(30-16-7-4-8-17-30,31-18-9-5-10-19-31)32-20-11-6-12-21-32/h4-12,16-21,29H,13-15,22-28H2,1-3H3,(H,39,45)(H,40,43)(H,41,44)/t29-/m1/s1. The summed E-state index contributed by atoms with van der Waals surface area (Å²) in [6.45, 7) is 7.41. The monoisotopic (exact) mass is 640 g/mol. The van der Waals surface area contributed by atoms with Crippen LogP contribution in [-0.2, 0) is 24.5 Å². The molecular weight excluding hydrogens is 592 g/mol. The minimum absolute atomic E-state index is 0.0963. The molecule has 0 radical (unpaired) electrons. The van der Waals surface area contributed by atoms with Crippen molar-refractivity contribution in [1.82, 2.24) is 20.9 Å². The molecule has 3 aromatic carbocycles. The Hall–Kier alpha value is -4.66. The van der Waals surface area contributed by atoms with Crippen LogP contribution in [0.5, 0.6) is 0 Å². The van der Waals surface area contributed by atoms with Crippen LogP contribution in [0.4, 0.5) is 4.79 Å². The van der Waals surface area contributed by atoms with Gasteiger partial charge in [-0.3, -0.25) is 14.4 Å². The highest BCUT2D eigenvalue weighted by atomic mass is 16.6. The molecule has 9 nitrogen and oxygen atoms in total. The lowest BCUT2D eigenvalue weighted by Gasteiger charge is -2.35. The molecule has 0 saturated carbocycles. The molecule has 1 fully saturated rings. The topological polar surface area (TPSA) is 117 Å². The average Bonchev–Trinajstić information content (AvgIpc) is 3.08. The molecule has 0 bridgehead atoms. The molecule has 4 rings (SSSR count). The molecule has 47 heavy (non-hydrogen) atoms. The maximum atomic E-state index is 13.5. The molecule has 0 spiro atoms. The number of benzene rings is 3. The van der Waals surface area contributed by atoms with Crippen molar-refractivity contribution in [1.29, 1.82) is 0 Å². The van der Waals surface area contributed by atoms with E-state index in [1.807, 2.05) is 112 Å². The van der Waals surface area contributed by atoms with Gasteiger partial charge in [-0.15, -0.1) is 0 Å². The Morgan fingerprint density at radius 2 is 1.30 bits per heavy atom. The van der Waals surface area contributed by atoms with Crippen LogP contribution in [0.2, 0.25) is 0 Å². The van der Waals surface area contributed by atoms with E-state index in [2.05, 4.69) is 16.0 Å². The number of carbonyl (C=O) groups is 4. The van der Waals surface area contributed by atoms with Crippen LogP contribution in [0, 0.1) is 5.92 Å². The maximum Gasteiger partial charge on any atom is 0.410 e. The Morgan fingerprint density at radius 1 is 0.745 bits per heavy atom. The highest BCUT2D eigenvalue weighted by molar-refractivity contribution is 5.86. The largest absolute Gasteiger partial charge is 0.444 e. The van der Waals surface area contributed by atoms with Crippen LogP contribution in [0.3, 0.4) is 0 Å². The molecule has 9 heteroatoms. The van der Waals surface area contributed by atoms with Gasteiger partial charge in [-0.25, -0.2) is 4.79 Å². The first kappa shape index (κ1) is 35.2. The number of hydrogen-bond donors (Lipinski definition) is 3. The number of amides is 4. The Morgan fingerprint density at radius 3 is 1.83 bits per heavy atom. The van der Waals surface area contributed by atoms with Crippen LogP contribution in [-0.4, -0.2) is 67.0 Å². The predicted molar refractivity (Wildman–Crippen MR) is 183 cm³/mol. The minimum Gasteiger partial charge on any atom is -0.444 e. The summed E-state index contributed by atoms with van der Waals surface area (Å²) in [5.41, 5.74) is 1.67. The summed E-state index contributed by atoms with van der Waals surface area (Å²) in [7, 11) is 0. The fraction of sp³-hybridized carbons (Fsp3) is 0.421. The summed E-state index contributed by atoms with van der Waals surface area (Å²) in [4.78, 5) is 52.6. The van der Waals surface area contributed by atoms with E-state index in [9.17, 15) is 19.2 Å². The van der Waals surface area contributed by atoms with Crippen LogP contribution in [0.25, 0.3) is 0 Å². The zero-order valence-corrected chi connectivity index (χ0v) is 27.8. The SMILES string of the molecule is CC(C)(C)OC(=O)N1CCC[C@H](CNC(=O)CCCNC(=O)CNC(=O)CC(c2ccccc2)(c2ccccc2)c2ccccc2)C1. The average molecular weight is 641 g/mol. The normalized spacial score (nSPS) is 15.0. The molecule has 4 amide bonds. The molecule has 1 saturated heterocycles. The Labute approximate surface area is 278 Å². The fourth-order valence-corrected chi connectivity index (χ4v) is 6.07. The molecule has 3 N–H and O–H groups in total. The van der Waals surface area contributed by atoms with Crippen molar-refractivity contribution < 1.29 is 23.9 Å². The molecule has 0 aliphatic carbocycles. The molecule has 3 aromatic rings. The molecule has 1 atom stereocenters. The highest BCUT2D eigenvalue weighted by Gasteiger charge is 2.38. The third-order valence-electron chi connectivity index (χ3n) is 8.33. The van der Waals surface area contributed by atoms with Gasteiger partial charge in [0.15, 0.2) is 0 Å². The van der Waals surface area contributed by atoms with Crippen LogP contribution < -0.4 is 16.0 Å². The van der Waals surface area contributed by atoms with Crippen molar-refractivity contribution in [3.63, 3.8) is 0 Å². The predicted octanol–water partition coefficient (Wildman–Crippen LogP) is 5.19. The van der Waals surface area contributed by atoms with Crippen LogP contribution in [0.15, 0.2) is 91.0 Å². The molecule has 0 unspecified atom stereocenters. The summed E-state index contributed by atoms with van der Waals surface area (Å²) in [6, 6.07) is 29.9. The van der Waals surface area contributed by atoms with Gasteiger partial charge in [0.05, 0.1) is 12.0 Å². The first-order valence-electron chi connectivity index (χ1n) is 16.5. The van der Waals surface area contributed by atoms with E-state index in [-0.39, 0.29) is 49.1 Å². The molecule has 1 aliphatic heterocycles. The van der Waals surface area contributed by atoms with Gasteiger partial charge in [-0.05, 0) is 62.6 Å². The van der Waals surface area contributed by atoms with E-state index in [0.29, 0.717) is 32.6 Å².